The van der Waals surface area contributed by atoms with Gasteiger partial charge in [-0.2, -0.15) is 0 Å². The average Bonchev–Trinajstić information content (AvgIpc) is 2.40. The van der Waals surface area contributed by atoms with Crippen molar-refractivity contribution in [1.82, 2.24) is 10.6 Å². The molecule has 2 unspecified atom stereocenters. The van der Waals surface area contributed by atoms with Gasteiger partial charge in [-0.05, 0) is 45.1 Å². The summed E-state index contributed by atoms with van der Waals surface area (Å²) in [4.78, 5) is 12.1. The standard InChI is InChI=1S/C13H24N2O2/c1-10(11-4-7-17-8-5-11)15-13(16)12-3-2-6-14-9-12/h10-12,14H,2-9H2,1H3,(H,15,16). The monoisotopic (exact) mass is 240 g/mol. The summed E-state index contributed by atoms with van der Waals surface area (Å²) >= 11 is 0. The third kappa shape index (κ3) is 3.68. The molecule has 0 saturated carbocycles. The molecule has 4 nitrogen and oxygen atoms in total. The summed E-state index contributed by atoms with van der Waals surface area (Å²) in [6.45, 7) is 5.71. The molecule has 2 aliphatic heterocycles. The van der Waals surface area contributed by atoms with Gasteiger partial charge in [-0.3, -0.25) is 4.79 Å². The zero-order valence-corrected chi connectivity index (χ0v) is 10.7. The molecule has 98 valence electrons. The number of hydrogen-bond donors (Lipinski definition) is 2. The molecule has 2 saturated heterocycles. The highest BCUT2D eigenvalue weighted by Crippen LogP contribution is 2.19. The molecular weight excluding hydrogens is 216 g/mol. The van der Waals surface area contributed by atoms with Gasteiger partial charge in [-0.1, -0.05) is 0 Å². The number of carbonyl (C=O) groups is 1. The summed E-state index contributed by atoms with van der Waals surface area (Å²) in [7, 11) is 0. The minimum absolute atomic E-state index is 0.172. The minimum Gasteiger partial charge on any atom is -0.381 e. The number of nitrogens with one attached hydrogen (secondary N) is 2. The van der Waals surface area contributed by atoms with Crippen molar-refractivity contribution < 1.29 is 9.53 Å². The van der Waals surface area contributed by atoms with Gasteiger partial charge in [0.2, 0.25) is 5.91 Å². The summed E-state index contributed by atoms with van der Waals surface area (Å²) in [5, 5.41) is 6.47. The molecule has 0 spiro atoms. The Labute approximate surface area is 103 Å². The molecule has 2 aliphatic rings. The van der Waals surface area contributed by atoms with E-state index in [1.54, 1.807) is 0 Å². The average molecular weight is 240 g/mol. The molecule has 17 heavy (non-hydrogen) atoms. The molecule has 0 bridgehead atoms. The first kappa shape index (κ1) is 12.8. The first-order chi connectivity index (χ1) is 8.27. The normalized spacial score (nSPS) is 28.6. The van der Waals surface area contributed by atoms with Crippen molar-refractivity contribution in [3.8, 4) is 0 Å². The van der Waals surface area contributed by atoms with E-state index in [1.807, 2.05) is 0 Å². The molecular formula is C13H24N2O2. The number of carbonyl (C=O) groups excluding carboxylic acids is 1. The van der Waals surface area contributed by atoms with Crippen molar-refractivity contribution in [1.29, 1.82) is 0 Å². The molecule has 0 aromatic rings. The van der Waals surface area contributed by atoms with Crippen LogP contribution in [0.4, 0.5) is 0 Å². The smallest absolute Gasteiger partial charge is 0.224 e. The van der Waals surface area contributed by atoms with Gasteiger partial charge in [0.15, 0.2) is 0 Å². The number of piperidine rings is 1. The van der Waals surface area contributed by atoms with Crippen LogP contribution in [0.25, 0.3) is 0 Å². The summed E-state index contributed by atoms with van der Waals surface area (Å²) in [6.07, 6.45) is 4.29. The summed E-state index contributed by atoms with van der Waals surface area (Å²) in [5.41, 5.74) is 0. The van der Waals surface area contributed by atoms with Crippen molar-refractivity contribution >= 4 is 5.91 Å². The van der Waals surface area contributed by atoms with Crippen molar-refractivity contribution in [3.63, 3.8) is 0 Å². The largest absolute Gasteiger partial charge is 0.381 e. The van der Waals surface area contributed by atoms with Crippen LogP contribution < -0.4 is 10.6 Å². The van der Waals surface area contributed by atoms with Crippen LogP contribution in [-0.4, -0.2) is 38.3 Å². The fourth-order valence-electron chi connectivity index (χ4n) is 2.75. The quantitative estimate of drug-likeness (QED) is 0.771. The predicted molar refractivity (Wildman–Crippen MR) is 66.7 cm³/mol. The van der Waals surface area contributed by atoms with E-state index in [-0.39, 0.29) is 17.9 Å². The Hall–Kier alpha value is -0.610. The maximum absolute atomic E-state index is 12.1. The Morgan fingerprint density at radius 1 is 1.35 bits per heavy atom. The SMILES string of the molecule is CC(NC(=O)C1CCCNC1)C1CCOCC1. The van der Waals surface area contributed by atoms with Gasteiger partial charge in [0, 0.05) is 25.8 Å². The molecule has 2 atom stereocenters. The Bertz CT molecular complexity index is 246. The van der Waals surface area contributed by atoms with Gasteiger partial charge in [-0.25, -0.2) is 0 Å². The van der Waals surface area contributed by atoms with Gasteiger partial charge in [0.25, 0.3) is 0 Å². The number of hydrogen-bond acceptors (Lipinski definition) is 3. The summed E-state index contributed by atoms with van der Waals surface area (Å²) in [6, 6.07) is 0.285. The van der Waals surface area contributed by atoms with Crippen LogP contribution in [0.2, 0.25) is 0 Å². The zero-order valence-electron chi connectivity index (χ0n) is 10.7. The van der Waals surface area contributed by atoms with E-state index in [0.29, 0.717) is 5.92 Å². The van der Waals surface area contributed by atoms with Gasteiger partial charge in [-0.15, -0.1) is 0 Å². The van der Waals surface area contributed by atoms with Crippen molar-refractivity contribution in [2.24, 2.45) is 11.8 Å². The minimum atomic E-state index is 0.172. The van der Waals surface area contributed by atoms with Gasteiger partial charge in [0.05, 0.1) is 5.92 Å². The first-order valence-corrected chi connectivity index (χ1v) is 6.86. The molecule has 2 fully saturated rings. The van der Waals surface area contributed by atoms with Crippen LogP contribution in [0.1, 0.15) is 32.6 Å². The van der Waals surface area contributed by atoms with Gasteiger partial charge >= 0.3 is 0 Å². The molecule has 0 aliphatic carbocycles. The Balaban J connectivity index is 1.76. The fourth-order valence-corrected chi connectivity index (χ4v) is 2.75. The highest BCUT2D eigenvalue weighted by Gasteiger charge is 2.26. The lowest BCUT2D eigenvalue weighted by molar-refractivity contribution is -0.126. The maximum atomic E-state index is 12.1. The second-order valence-corrected chi connectivity index (χ2v) is 5.29. The number of amides is 1. The predicted octanol–water partition coefficient (Wildman–Crippen LogP) is 0.917. The van der Waals surface area contributed by atoms with Crippen molar-refractivity contribution in [2.75, 3.05) is 26.3 Å². The Morgan fingerprint density at radius 3 is 2.76 bits per heavy atom. The maximum Gasteiger partial charge on any atom is 0.224 e. The fraction of sp³-hybridized carbons (Fsp3) is 0.923. The lowest BCUT2D eigenvalue weighted by Crippen LogP contribution is -2.46. The van der Waals surface area contributed by atoms with E-state index in [4.69, 9.17) is 4.74 Å². The van der Waals surface area contributed by atoms with E-state index < -0.39 is 0 Å². The summed E-state index contributed by atoms with van der Waals surface area (Å²) in [5.74, 6) is 0.992. The number of rotatable bonds is 3. The molecule has 1 amide bonds. The molecule has 4 heteroatoms. The van der Waals surface area contributed by atoms with E-state index in [1.165, 1.54) is 0 Å². The van der Waals surface area contributed by atoms with Crippen LogP contribution in [0, 0.1) is 11.8 Å². The Kier molecular flexibility index (Phi) is 4.80. The third-order valence-electron chi connectivity index (χ3n) is 4.01. The summed E-state index contributed by atoms with van der Waals surface area (Å²) < 4.78 is 5.35. The topological polar surface area (TPSA) is 50.4 Å². The number of ether oxygens (including phenoxy) is 1. The van der Waals surface area contributed by atoms with Crippen LogP contribution >= 0.6 is 0 Å². The lowest BCUT2D eigenvalue weighted by Gasteiger charge is -2.30. The van der Waals surface area contributed by atoms with Crippen LogP contribution in [0.5, 0.6) is 0 Å². The van der Waals surface area contributed by atoms with Crippen LogP contribution in [-0.2, 0) is 9.53 Å². The van der Waals surface area contributed by atoms with E-state index >= 15 is 0 Å². The molecule has 0 aromatic carbocycles. The second-order valence-electron chi connectivity index (χ2n) is 5.29. The highest BCUT2D eigenvalue weighted by atomic mass is 16.5. The molecule has 2 heterocycles. The van der Waals surface area contributed by atoms with E-state index in [0.717, 1.165) is 52.0 Å². The van der Waals surface area contributed by atoms with Gasteiger partial charge in [0.1, 0.15) is 0 Å². The van der Waals surface area contributed by atoms with Crippen molar-refractivity contribution in [3.05, 3.63) is 0 Å². The molecule has 2 rings (SSSR count). The van der Waals surface area contributed by atoms with Crippen LogP contribution in [0.15, 0.2) is 0 Å². The molecule has 2 N–H and O–H groups in total. The van der Waals surface area contributed by atoms with Crippen LogP contribution in [0.3, 0.4) is 0 Å². The van der Waals surface area contributed by atoms with Gasteiger partial charge < -0.3 is 15.4 Å². The second kappa shape index (κ2) is 6.36. The first-order valence-electron chi connectivity index (χ1n) is 6.86. The Morgan fingerprint density at radius 2 is 2.12 bits per heavy atom. The highest BCUT2D eigenvalue weighted by molar-refractivity contribution is 5.79. The molecule has 0 aromatic heterocycles. The van der Waals surface area contributed by atoms with E-state index in [9.17, 15) is 4.79 Å². The third-order valence-corrected chi connectivity index (χ3v) is 4.01. The lowest BCUT2D eigenvalue weighted by atomic mass is 9.91. The van der Waals surface area contributed by atoms with E-state index in [2.05, 4.69) is 17.6 Å². The van der Waals surface area contributed by atoms with Crippen molar-refractivity contribution in [2.45, 2.75) is 38.6 Å². The zero-order chi connectivity index (χ0) is 12.1. The molecule has 0 radical (unpaired) electrons.